The highest BCUT2D eigenvalue weighted by Crippen LogP contribution is 2.29. The molecule has 3 heterocycles. The summed E-state index contributed by atoms with van der Waals surface area (Å²) in [6, 6.07) is 9.81. The van der Waals surface area contributed by atoms with E-state index in [0.29, 0.717) is 11.3 Å². The molecule has 0 radical (unpaired) electrons. The van der Waals surface area contributed by atoms with E-state index in [2.05, 4.69) is 16.1 Å². The fourth-order valence-corrected chi connectivity index (χ4v) is 2.47. The molecular formula is C15H11N3O2. The predicted molar refractivity (Wildman–Crippen MR) is 73.0 cm³/mol. The van der Waals surface area contributed by atoms with Gasteiger partial charge in [-0.15, -0.1) is 0 Å². The number of aromatic nitrogens is 3. The van der Waals surface area contributed by atoms with Crippen LogP contribution in [0.3, 0.4) is 0 Å². The average Bonchev–Trinajstić information content (AvgIpc) is 3.12. The Hall–Kier alpha value is -2.69. The lowest BCUT2D eigenvalue weighted by molar-refractivity contribution is 0.111. The molecule has 98 valence electrons. The van der Waals surface area contributed by atoms with Crippen LogP contribution in [0.2, 0.25) is 0 Å². The Morgan fingerprint density at radius 2 is 2.20 bits per heavy atom. The molecule has 2 aromatic heterocycles. The third kappa shape index (κ3) is 1.60. The van der Waals surface area contributed by atoms with Crippen molar-refractivity contribution in [3.63, 3.8) is 0 Å². The van der Waals surface area contributed by atoms with Gasteiger partial charge in [-0.05, 0) is 35.9 Å². The van der Waals surface area contributed by atoms with Crippen molar-refractivity contribution in [1.82, 2.24) is 14.6 Å². The number of hydrogen-bond donors (Lipinski definition) is 0. The Morgan fingerprint density at radius 3 is 3.10 bits per heavy atom. The van der Waals surface area contributed by atoms with Gasteiger partial charge in [-0.2, -0.15) is 5.10 Å². The minimum atomic E-state index is 0.450. The van der Waals surface area contributed by atoms with Crippen LogP contribution in [0.5, 0.6) is 5.75 Å². The molecule has 5 nitrogen and oxygen atoms in total. The molecule has 0 atom stereocenters. The topological polar surface area (TPSA) is 56.5 Å². The maximum absolute atomic E-state index is 11.0. The summed E-state index contributed by atoms with van der Waals surface area (Å²) < 4.78 is 7.06. The molecule has 0 N–H and O–H groups in total. The molecule has 0 spiro atoms. The summed E-state index contributed by atoms with van der Waals surface area (Å²) in [5.41, 5.74) is 4.15. The Kier molecular flexibility index (Phi) is 2.32. The third-order valence-electron chi connectivity index (χ3n) is 3.49. The van der Waals surface area contributed by atoms with Gasteiger partial charge in [-0.3, -0.25) is 4.79 Å². The van der Waals surface area contributed by atoms with E-state index in [9.17, 15) is 4.79 Å². The van der Waals surface area contributed by atoms with Crippen molar-refractivity contribution in [1.29, 1.82) is 0 Å². The first-order valence-corrected chi connectivity index (χ1v) is 6.41. The van der Waals surface area contributed by atoms with Gasteiger partial charge in [0.2, 0.25) is 0 Å². The molecule has 3 aromatic rings. The van der Waals surface area contributed by atoms with E-state index in [4.69, 9.17) is 4.74 Å². The first kappa shape index (κ1) is 11.2. The third-order valence-corrected chi connectivity index (χ3v) is 3.49. The van der Waals surface area contributed by atoms with Crippen LogP contribution in [0.25, 0.3) is 16.9 Å². The Morgan fingerprint density at radius 1 is 1.25 bits per heavy atom. The van der Waals surface area contributed by atoms with Gasteiger partial charge in [0.1, 0.15) is 11.4 Å². The van der Waals surface area contributed by atoms with Gasteiger partial charge in [0, 0.05) is 12.0 Å². The lowest BCUT2D eigenvalue weighted by atomic mass is 10.1. The first-order valence-electron chi connectivity index (χ1n) is 6.41. The largest absolute Gasteiger partial charge is 0.493 e. The number of benzene rings is 1. The van der Waals surface area contributed by atoms with Crippen LogP contribution in [-0.2, 0) is 6.42 Å². The van der Waals surface area contributed by atoms with Gasteiger partial charge in [0.15, 0.2) is 11.9 Å². The zero-order chi connectivity index (χ0) is 13.5. The molecule has 0 unspecified atom stereocenters. The van der Waals surface area contributed by atoms with E-state index in [-0.39, 0.29) is 0 Å². The molecule has 1 aliphatic heterocycles. The fraction of sp³-hybridized carbons (Fsp3) is 0.133. The highest BCUT2D eigenvalue weighted by Gasteiger charge is 2.13. The summed E-state index contributed by atoms with van der Waals surface area (Å²) in [5.74, 6) is 0.950. The Labute approximate surface area is 114 Å². The van der Waals surface area contributed by atoms with Gasteiger partial charge in [-0.1, -0.05) is 0 Å². The number of rotatable bonds is 2. The smallest absolute Gasteiger partial charge is 0.170 e. The Balaban J connectivity index is 1.87. The van der Waals surface area contributed by atoms with E-state index < -0.39 is 0 Å². The molecule has 0 bridgehead atoms. The standard InChI is InChI=1S/C15H11N3O2/c19-9-12-8-16-15-4-2-13(17-18(12)15)10-1-3-14-11(7-10)5-6-20-14/h1-4,7-9H,5-6H2. The summed E-state index contributed by atoms with van der Waals surface area (Å²) in [4.78, 5) is 15.1. The van der Waals surface area contributed by atoms with E-state index in [1.807, 2.05) is 24.3 Å². The molecular weight excluding hydrogens is 254 g/mol. The summed E-state index contributed by atoms with van der Waals surface area (Å²) in [5, 5.41) is 4.48. The molecule has 0 amide bonds. The first-order chi connectivity index (χ1) is 9.85. The summed E-state index contributed by atoms with van der Waals surface area (Å²) in [6.07, 6.45) is 3.21. The van der Waals surface area contributed by atoms with Crippen LogP contribution in [0.4, 0.5) is 0 Å². The van der Waals surface area contributed by atoms with Gasteiger partial charge in [0.25, 0.3) is 0 Å². The predicted octanol–water partition coefficient (Wildman–Crippen LogP) is 2.14. The fourth-order valence-electron chi connectivity index (χ4n) is 2.47. The van der Waals surface area contributed by atoms with Gasteiger partial charge in [0.05, 0.1) is 18.5 Å². The highest BCUT2D eigenvalue weighted by atomic mass is 16.5. The highest BCUT2D eigenvalue weighted by molar-refractivity contribution is 5.74. The molecule has 20 heavy (non-hydrogen) atoms. The quantitative estimate of drug-likeness (QED) is 0.666. The van der Waals surface area contributed by atoms with Gasteiger partial charge < -0.3 is 4.74 Å². The molecule has 5 heteroatoms. The number of hydrogen-bond acceptors (Lipinski definition) is 4. The minimum absolute atomic E-state index is 0.450. The zero-order valence-corrected chi connectivity index (χ0v) is 10.6. The van der Waals surface area contributed by atoms with E-state index in [1.54, 1.807) is 4.52 Å². The van der Waals surface area contributed by atoms with Gasteiger partial charge >= 0.3 is 0 Å². The average molecular weight is 265 g/mol. The molecule has 0 aliphatic carbocycles. The van der Waals surface area contributed by atoms with Crippen molar-refractivity contribution in [3.8, 4) is 17.0 Å². The summed E-state index contributed by atoms with van der Waals surface area (Å²) >= 11 is 0. The van der Waals surface area contributed by atoms with Crippen molar-refractivity contribution in [2.75, 3.05) is 6.61 Å². The SMILES string of the molecule is O=Cc1cnc2ccc(-c3ccc4c(c3)CCO4)nn12. The number of imidazole rings is 1. The molecule has 0 fully saturated rings. The molecule has 0 saturated heterocycles. The van der Waals surface area contributed by atoms with Gasteiger partial charge in [-0.25, -0.2) is 9.50 Å². The zero-order valence-electron chi connectivity index (χ0n) is 10.6. The number of aldehydes is 1. The molecule has 1 aromatic carbocycles. The second-order valence-corrected chi connectivity index (χ2v) is 4.71. The monoisotopic (exact) mass is 265 g/mol. The van der Waals surface area contributed by atoms with Crippen molar-refractivity contribution in [2.45, 2.75) is 6.42 Å². The van der Waals surface area contributed by atoms with E-state index in [1.165, 1.54) is 11.8 Å². The Bertz CT molecular complexity index is 823. The number of carbonyl (C=O) groups excluding carboxylic acids is 1. The molecule has 0 saturated carbocycles. The van der Waals surface area contributed by atoms with Crippen LogP contribution in [0, 0.1) is 0 Å². The van der Waals surface area contributed by atoms with Crippen molar-refractivity contribution < 1.29 is 9.53 Å². The lowest BCUT2D eigenvalue weighted by Crippen LogP contribution is -1.98. The van der Waals surface area contributed by atoms with Crippen LogP contribution < -0.4 is 4.74 Å². The number of fused-ring (bicyclic) bond motifs is 2. The van der Waals surface area contributed by atoms with Crippen molar-refractivity contribution in [3.05, 3.63) is 47.8 Å². The summed E-state index contributed by atoms with van der Waals surface area (Å²) in [6.45, 7) is 0.738. The van der Waals surface area contributed by atoms with Crippen LogP contribution in [0.15, 0.2) is 36.5 Å². The van der Waals surface area contributed by atoms with Crippen LogP contribution in [-0.4, -0.2) is 27.5 Å². The van der Waals surface area contributed by atoms with E-state index >= 15 is 0 Å². The number of carbonyl (C=O) groups is 1. The van der Waals surface area contributed by atoms with Crippen molar-refractivity contribution >= 4 is 11.9 Å². The second kappa shape index (κ2) is 4.16. The maximum atomic E-state index is 11.0. The van der Waals surface area contributed by atoms with E-state index in [0.717, 1.165) is 36.3 Å². The lowest BCUT2D eigenvalue weighted by Gasteiger charge is -2.04. The van der Waals surface area contributed by atoms with Crippen LogP contribution >= 0.6 is 0 Å². The number of ether oxygens (including phenoxy) is 1. The van der Waals surface area contributed by atoms with Crippen LogP contribution in [0.1, 0.15) is 16.1 Å². The summed E-state index contributed by atoms with van der Waals surface area (Å²) in [7, 11) is 0. The van der Waals surface area contributed by atoms with Crippen molar-refractivity contribution in [2.24, 2.45) is 0 Å². The normalized spacial score (nSPS) is 13.2. The molecule has 1 aliphatic rings. The second-order valence-electron chi connectivity index (χ2n) is 4.71. The maximum Gasteiger partial charge on any atom is 0.170 e. The molecule has 4 rings (SSSR count). The minimum Gasteiger partial charge on any atom is -0.493 e. The number of nitrogens with zero attached hydrogens (tertiary/aromatic N) is 3.